The summed E-state index contributed by atoms with van der Waals surface area (Å²) >= 11 is 0. The van der Waals surface area contributed by atoms with Crippen LogP contribution in [0.1, 0.15) is 0 Å². The van der Waals surface area contributed by atoms with Crippen molar-refractivity contribution in [2.24, 2.45) is 0 Å². The zero-order valence-electron chi connectivity index (χ0n) is 9.62. The van der Waals surface area contributed by atoms with E-state index in [1.807, 2.05) is 25.7 Å². The number of rotatable bonds is 4. The molecule has 0 aliphatic carbocycles. The summed E-state index contributed by atoms with van der Waals surface area (Å²) in [6, 6.07) is 8.81. The van der Waals surface area contributed by atoms with Gasteiger partial charge in [-0.3, -0.25) is 4.57 Å². The topological polar surface area (TPSA) is 62.7 Å². The first-order valence-corrected chi connectivity index (χ1v) is 10.0. The van der Waals surface area contributed by atoms with Gasteiger partial charge in [-0.2, -0.15) is 4.79 Å². The minimum atomic E-state index is -3.17. The number of hydrogen-bond donors (Lipinski definition) is 0. The van der Waals surface area contributed by atoms with Gasteiger partial charge in [0.15, 0.2) is 8.32 Å². The zero-order valence-corrected chi connectivity index (χ0v) is 11.5. The van der Waals surface area contributed by atoms with E-state index in [9.17, 15) is 4.57 Å². The molecule has 0 saturated carbocycles. The molecule has 1 aromatic rings. The van der Waals surface area contributed by atoms with Crippen LogP contribution < -0.4 is 5.30 Å². The summed E-state index contributed by atoms with van der Waals surface area (Å²) in [5.74, 6) is 1.00. The Morgan fingerprint density at radius 3 is 2.31 bits per heavy atom. The molecule has 86 valence electrons. The second-order valence-electron chi connectivity index (χ2n) is 4.37. The summed E-state index contributed by atoms with van der Waals surface area (Å²) < 4.78 is 18.2. The van der Waals surface area contributed by atoms with Crippen LogP contribution in [0.2, 0.25) is 19.6 Å². The maximum Gasteiger partial charge on any atom is 0.343 e. The molecule has 0 amide bonds. The van der Waals surface area contributed by atoms with E-state index in [1.165, 1.54) is 0 Å². The van der Waals surface area contributed by atoms with E-state index < -0.39 is 15.7 Å². The Bertz CT molecular complexity index is 450. The molecule has 0 heterocycles. The molecule has 1 unspecified atom stereocenters. The summed E-state index contributed by atoms with van der Waals surface area (Å²) in [4.78, 5) is 2.88. The molecule has 0 radical (unpaired) electrons. The first kappa shape index (κ1) is 13.1. The lowest BCUT2D eigenvalue weighted by atomic mass is 10.4. The lowest BCUT2D eigenvalue weighted by Crippen LogP contribution is -2.27. The molecule has 0 fully saturated rings. The van der Waals surface area contributed by atoms with Crippen LogP contribution in [0.15, 0.2) is 30.3 Å². The van der Waals surface area contributed by atoms with Crippen LogP contribution in [0.5, 0.6) is 0 Å². The van der Waals surface area contributed by atoms with Crippen LogP contribution in [-0.4, -0.2) is 19.1 Å². The third-order valence-electron chi connectivity index (χ3n) is 1.73. The Labute approximate surface area is 96.5 Å². The van der Waals surface area contributed by atoms with Gasteiger partial charge in [0, 0.05) is 5.30 Å². The fraction of sp³-hybridized carbons (Fsp3) is 0.300. The second-order valence-corrected chi connectivity index (χ2v) is 11.3. The predicted octanol–water partition coefficient (Wildman–Crippen LogP) is 2.70. The van der Waals surface area contributed by atoms with Crippen LogP contribution in [0.4, 0.5) is 0 Å². The quantitative estimate of drug-likeness (QED) is 0.272. The minimum absolute atomic E-state index is 0.551. The first-order chi connectivity index (χ1) is 7.37. The Hall–Kier alpha value is -0.993. The van der Waals surface area contributed by atoms with Crippen molar-refractivity contribution in [1.29, 1.82) is 0 Å². The lowest BCUT2D eigenvalue weighted by Gasteiger charge is -2.21. The largest absolute Gasteiger partial charge is 0.361 e. The van der Waals surface area contributed by atoms with Crippen molar-refractivity contribution in [2.45, 2.75) is 19.6 Å². The Morgan fingerprint density at radius 2 is 1.88 bits per heavy atom. The number of nitrogens with zero attached hydrogens (tertiary/aromatic N) is 2. The van der Waals surface area contributed by atoms with Crippen LogP contribution in [0, 0.1) is 0 Å². The third-order valence-corrected chi connectivity index (χ3v) is 6.43. The van der Waals surface area contributed by atoms with Gasteiger partial charge in [0.05, 0.1) is 0 Å². The highest BCUT2D eigenvalue weighted by Crippen LogP contribution is 2.45. The summed E-state index contributed by atoms with van der Waals surface area (Å²) in [7, 11) is -5.15. The van der Waals surface area contributed by atoms with E-state index in [0.717, 1.165) is 5.96 Å². The zero-order chi connectivity index (χ0) is 12.2. The molecule has 1 atom stereocenters. The summed E-state index contributed by atoms with van der Waals surface area (Å²) in [6.45, 7) is 5.81. The molecule has 1 rings (SSSR count). The van der Waals surface area contributed by atoms with Gasteiger partial charge in [0.1, 0.15) is 0 Å². The van der Waals surface area contributed by atoms with Gasteiger partial charge in [0.25, 0.3) is 0 Å². The van der Waals surface area contributed by atoms with Crippen molar-refractivity contribution in [3.05, 3.63) is 35.9 Å². The summed E-state index contributed by atoms with van der Waals surface area (Å²) in [6.07, 6.45) is 0. The highest BCUT2D eigenvalue weighted by molar-refractivity contribution is 7.81. The Morgan fingerprint density at radius 1 is 1.31 bits per heavy atom. The fourth-order valence-electron chi connectivity index (χ4n) is 1.25. The monoisotopic (exact) mass is 254 g/mol. The molecule has 0 aliphatic rings. The molecule has 0 aliphatic heterocycles. The number of benzene rings is 1. The minimum Gasteiger partial charge on any atom is -0.361 e. The Balaban J connectivity index is 3.18. The van der Waals surface area contributed by atoms with Crippen LogP contribution >= 0.6 is 7.37 Å². The van der Waals surface area contributed by atoms with Gasteiger partial charge in [-0.05, 0) is 31.8 Å². The van der Waals surface area contributed by atoms with E-state index in [2.05, 4.69) is 4.79 Å². The van der Waals surface area contributed by atoms with Gasteiger partial charge >= 0.3 is 13.3 Å². The molecule has 0 saturated heterocycles. The van der Waals surface area contributed by atoms with Crippen molar-refractivity contribution in [2.75, 3.05) is 0 Å². The molecule has 0 bridgehead atoms. The maximum absolute atomic E-state index is 12.5. The highest BCUT2D eigenvalue weighted by Gasteiger charge is 2.34. The molecule has 0 N–H and O–H groups in total. The average Bonchev–Trinajstić information content (AvgIpc) is 2.16. The summed E-state index contributed by atoms with van der Waals surface area (Å²) in [5.41, 5.74) is 8.59. The molecule has 0 aromatic heterocycles. The summed E-state index contributed by atoms with van der Waals surface area (Å²) in [5, 5.41) is 0.551. The van der Waals surface area contributed by atoms with Crippen LogP contribution in [-0.2, 0) is 8.78 Å². The van der Waals surface area contributed by atoms with Crippen molar-refractivity contribution in [1.82, 2.24) is 0 Å². The van der Waals surface area contributed by atoms with Crippen LogP contribution in [0.3, 0.4) is 0 Å². The molecule has 1 aromatic carbocycles. The van der Waals surface area contributed by atoms with Crippen molar-refractivity contribution in [3.63, 3.8) is 0 Å². The smallest absolute Gasteiger partial charge is 0.343 e. The van der Waals surface area contributed by atoms with E-state index >= 15 is 0 Å². The normalized spacial score (nSPS) is 14.9. The van der Waals surface area contributed by atoms with Crippen LogP contribution in [0.25, 0.3) is 5.53 Å². The predicted molar refractivity (Wildman–Crippen MR) is 67.8 cm³/mol. The average molecular weight is 254 g/mol. The van der Waals surface area contributed by atoms with E-state index in [-0.39, 0.29) is 0 Å². The highest BCUT2D eigenvalue weighted by atomic mass is 31.2. The Kier molecular flexibility index (Phi) is 4.00. The van der Waals surface area contributed by atoms with Crippen molar-refractivity contribution in [3.8, 4) is 0 Å². The maximum atomic E-state index is 12.5. The van der Waals surface area contributed by atoms with Gasteiger partial charge in [-0.25, -0.2) is 0 Å². The van der Waals surface area contributed by atoms with E-state index in [0.29, 0.717) is 5.30 Å². The molecule has 0 spiro atoms. The molecular weight excluding hydrogens is 239 g/mol. The van der Waals surface area contributed by atoms with Gasteiger partial charge in [-0.15, -0.1) is 0 Å². The molecule has 6 heteroatoms. The molecule has 16 heavy (non-hydrogen) atoms. The van der Waals surface area contributed by atoms with Crippen molar-refractivity contribution < 1.29 is 13.6 Å². The van der Waals surface area contributed by atoms with Gasteiger partial charge in [0.2, 0.25) is 0 Å². The van der Waals surface area contributed by atoms with Gasteiger partial charge < -0.3 is 9.74 Å². The molecule has 4 nitrogen and oxygen atoms in total. The SMILES string of the molecule is C[Si](C)(C)OP(=O)(C=[N+]=[N-])c1ccccc1. The second kappa shape index (κ2) is 4.89. The molecular formula is C10H15N2O2PSi. The van der Waals surface area contributed by atoms with Crippen molar-refractivity contribution >= 4 is 26.9 Å². The van der Waals surface area contributed by atoms with Gasteiger partial charge in [-0.1, -0.05) is 18.2 Å². The number of hydrogen-bond acceptors (Lipinski definition) is 2. The van der Waals surface area contributed by atoms with E-state index in [4.69, 9.17) is 9.74 Å². The standard InChI is InChI=1S/C10H15N2O2PSi/c1-16(2,3)14-15(13,9-12-11)10-7-5-4-6-8-10/h4-9H,1-3H3. The lowest BCUT2D eigenvalue weighted by molar-refractivity contribution is 0.00686. The van der Waals surface area contributed by atoms with E-state index in [1.54, 1.807) is 24.3 Å². The fourth-order valence-corrected chi connectivity index (χ4v) is 5.98. The third kappa shape index (κ3) is 3.54. The first-order valence-electron chi connectivity index (χ1n) is 4.92.